The van der Waals surface area contributed by atoms with Crippen LogP contribution in [0.4, 0.5) is 0 Å². The Hall–Kier alpha value is -1.22. The maximum absolute atomic E-state index is 11.1. The minimum absolute atomic E-state index is 0.313. The molecule has 1 aromatic carbocycles. The molecule has 0 bridgehead atoms. The smallest absolute Gasteiger partial charge is 0.333 e. The standard InChI is InChI=1S/C14H18O2S/c1-10(2)14(15)16-8-9-17-13-7-5-6-11(3)12(13)4/h5-7H,1,8-9H2,2-4H3. The van der Waals surface area contributed by atoms with Crippen LogP contribution in [-0.4, -0.2) is 18.3 Å². The van der Waals surface area contributed by atoms with E-state index in [0.29, 0.717) is 12.2 Å². The molecule has 1 rings (SSSR count). The van der Waals surface area contributed by atoms with Crippen LogP contribution in [0.1, 0.15) is 18.1 Å². The van der Waals surface area contributed by atoms with Crippen LogP contribution in [0.3, 0.4) is 0 Å². The van der Waals surface area contributed by atoms with Gasteiger partial charge in [0.1, 0.15) is 6.61 Å². The molecule has 0 unspecified atom stereocenters. The summed E-state index contributed by atoms with van der Waals surface area (Å²) in [5.41, 5.74) is 3.03. The predicted molar refractivity (Wildman–Crippen MR) is 72.4 cm³/mol. The zero-order valence-electron chi connectivity index (χ0n) is 10.6. The summed E-state index contributed by atoms with van der Waals surface area (Å²) in [4.78, 5) is 12.4. The molecular formula is C14H18O2S. The van der Waals surface area contributed by atoms with E-state index in [1.807, 2.05) is 6.07 Å². The van der Waals surface area contributed by atoms with Crippen LogP contribution in [0, 0.1) is 13.8 Å². The van der Waals surface area contributed by atoms with Gasteiger partial charge in [-0.3, -0.25) is 0 Å². The molecule has 0 fully saturated rings. The van der Waals surface area contributed by atoms with Crippen LogP contribution in [0.15, 0.2) is 35.2 Å². The first-order valence-electron chi connectivity index (χ1n) is 5.54. The molecule has 1 aromatic rings. The molecule has 0 aromatic heterocycles. The zero-order valence-corrected chi connectivity index (χ0v) is 11.4. The van der Waals surface area contributed by atoms with E-state index >= 15 is 0 Å². The Kier molecular flexibility index (Phi) is 5.29. The summed E-state index contributed by atoms with van der Waals surface area (Å²) in [6.45, 7) is 9.82. The average molecular weight is 250 g/mol. The normalized spacial score (nSPS) is 10.1. The average Bonchev–Trinajstić information content (AvgIpc) is 2.29. The summed E-state index contributed by atoms with van der Waals surface area (Å²) in [6, 6.07) is 6.23. The number of carbonyl (C=O) groups is 1. The Morgan fingerprint density at radius 1 is 1.41 bits per heavy atom. The fourth-order valence-corrected chi connectivity index (χ4v) is 2.23. The highest BCUT2D eigenvalue weighted by Crippen LogP contribution is 2.24. The van der Waals surface area contributed by atoms with E-state index in [4.69, 9.17) is 4.74 Å². The molecule has 92 valence electrons. The summed E-state index contributed by atoms with van der Waals surface area (Å²) in [7, 11) is 0. The molecule has 17 heavy (non-hydrogen) atoms. The van der Waals surface area contributed by atoms with Gasteiger partial charge in [-0.15, -0.1) is 11.8 Å². The lowest BCUT2D eigenvalue weighted by Gasteiger charge is -2.08. The summed E-state index contributed by atoms with van der Waals surface area (Å²) in [5, 5.41) is 0. The van der Waals surface area contributed by atoms with Gasteiger partial charge in [-0.05, 0) is 38.0 Å². The van der Waals surface area contributed by atoms with Crippen LogP contribution in [0.5, 0.6) is 0 Å². The maximum atomic E-state index is 11.1. The second kappa shape index (κ2) is 6.50. The minimum atomic E-state index is -0.313. The molecule has 0 amide bonds. The summed E-state index contributed by atoms with van der Waals surface area (Å²) < 4.78 is 5.04. The first kappa shape index (κ1) is 13.8. The van der Waals surface area contributed by atoms with E-state index in [2.05, 4.69) is 32.6 Å². The largest absolute Gasteiger partial charge is 0.461 e. The lowest BCUT2D eigenvalue weighted by Crippen LogP contribution is -2.07. The number of esters is 1. The van der Waals surface area contributed by atoms with Crippen molar-refractivity contribution in [2.45, 2.75) is 25.7 Å². The number of hydrogen-bond acceptors (Lipinski definition) is 3. The monoisotopic (exact) mass is 250 g/mol. The number of rotatable bonds is 5. The highest BCUT2D eigenvalue weighted by molar-refractivity contribution is 7.99. The van der Waals surface area contributed by atoms with Crippen molar-refractivity contribution in [3.05, 3.63) is 41.5 Å². The van der Waals surface area contributed by atoms with Crippen molar-refractivity contribution in [3.8, 4) is 0 Å². The molecule has 3 heteroatoms. The third-order valence-corrected chi connectivity index (χ3v) is 3.60. The zero-order chi connectivity index (χ0) is 12.8. The van der Waals surface area contributed by atoms with Gasteiger partial charge in [0.2, 0.25) is 0 Å². The molecule has 0 spiro atoms. The summed E-state index contributed by atoms with van der Waals surface area (Å²) in [5.74, 6) is 0.454. The molecule has 0 aliphatic carbocycles. The van der Waals surface area contributed by atoms with Crippen molar-refractivity contribution in [2.75, 3.05) is 12.4 Å². The number of ether oxygens (including phenoxy) is 1. The Morgan fingerprint density at radius 2 is 2.12 bits per heavy atom. The Labute approximate surface area is 107 Å². The van der Waals surface area contributed by atoms with Crippen LogP contribution in [0.25, 0.3) is 0 Å². The Morgan fingerprint density at radius 3 is 2.76 bits per heavy atom. The van der Waals surface area contributed by atoms with Crippen molar-refractivity contribution >= 4 is 17.7 Å². The van der Waals surface area contributed by atoms with Gasteiger partial charge in [-0.1, -0.05) is 18.7 Å². The van der Waals surface area contributed by atoms with Gasteiger partial charge in [0.15, 0.2) is 0 Å². The summed E-state index contributed by atoms with van der Waals surface area (Å²) in [6.07, 6.45) is 0. The second-order valence-electron chi connectivity index (χ2n) is 3.96. The quantitative estimate of drug-likeness (QED) is 0.346. The van der Waals surface area contributed by atoms with Gasteiger partial charge in [0, 0.05) is 16.2 Å². The summed E-state index contributed by atoms with van der Waals surface area (Å²) >= 11 is 1.71. The van der Waals surface area contributed by atoms with Crippen molar-refractivity contribution in [1.82, 2.24) is 0 Å². The van der Waals surface area contributed by atoms with Gasteiger partial charge in [0.25, 0.3) is 0 Å². The first-order valence-corrected chi connectivity index (χ1v) is 6.52. The first-order chi connectivity index (χ1) is 8.02. The van der Waals surface area contributed by atoms with Crippen LogP contribution >= 0.6 is 11.8 Å². The van der Waals surface area contributed by atoms with Gasteiger partial charge >= 0.3 is 5.97 Å². The lowest BCUT2D eigenvalue weighted by atomic mass is 10.1. The highest BCUT2D eigenvalue weighted by Gasteiger charge is 2.04. The van der Waals surface area contributed by atoms with E-state index < -0.39 is 0 Å². The van der Waals surface area contributed by atoms with Gasteiger partial charge < -0.3 is 4.74 Å². The second-order valence-corrected chi connectivity index (χ2v) is 5.10. The third kappa shape index (κ3) is 4.27. The fourth-order valence-electron chi connectivity index (χ4n) is 1.29. The molecule has 0 heterocycles. The number of hydrogen-bond donors (Lipinski definition) is 0. The van der Waals surface area contributed by atoms with Gasteiger partial charge in [-0.2, -0.15) is 0 Å². The molecule has 0 aliphatic rings. The Balaban J connectivity index is 2.39. The van der Waals surface area contributed by atoms with E-state index in [0.717, 1.165) is 5.75 Å². The molecule has 2 nitrogen and oxygen atoms in total. The number of aryl methyl sites for hydroxylation is 1. The highest BCUT2D eigenvalue weighted by atomic mass is 32.2. The van der Waals surface area contributed by atoms with E-state index in [-0.39, 0.29) is 5.97 Å². The van der Waals surface area contributed by atoms with Crippen molar-refractivity contribution < 1.29 is 9.53 Å². The topological polar surface area (TPSA) is 26.3 Å². The predicted octanol–water partition coefficient (Wildman–Crippen LogP) is 3.51. The molecule has 0 aliphatic heterocycles. The molecular weight excluding hydrogens is 232 g/mol. The molecule has 0 N–H and O–H groups in total. The third-order valence-electron chi connectivity index (χ3n) is 2.48. The van der Waals surface area contributed by atoms with Crippen molar-refractivity contribution in [1.29, 1.82) is 0 Å². The van der Waals surface area contributed by atoms with Crippen LogP contribution in [0.2, 0.25) is 0 Å². The van der Waals surface area contributed by atoms with Gasteiger partial charge in [0.05, 0.1) is 0 Å². The molecule has 0 saturated carbocycles. The van der Waals surface area contributed by atoms with E-state index in [1.54, 1.807) is 18.7 Å². The van der Waals surface area contributed by atoms with E-state index in [1.165, 1.54) is 16.0 Å². The fraction of sp³-hybridized carbons (Fsp3) is 0.357. The lowest BCUT2D eigenvalue weighted by molar-refractivity contribution is -0.138. The molecule has 0 radical (unpaired) electrons. The van der Waals surface area contributed by atoms with Gasteiger partial charge in [-0.25, -0.2) is 4.79 Å². The number of carbonyl (C=O) groups excluding carboxylic acids is 1. The molecule has 0 saturated heterocycles. The number of benzene rings is 1. The Bertz CT molecular complexity index is 424. The number of thioether (sulfide) groups is 1. The van der Waals surface area contributed by atoms with Crippen LogP contribution < -0.4 is 0 Å². The van der Waals surface area contributed by atoms with E-state index in [9.17, 15) is 4.79 Å². The maximum Gasteiger partial charge on any atom is 0.333 e. The van der Waals surface area contributed by atoms with Crippen molar-refractivity contribution in [3.63, 3.8) is 0 Å². The SMILES string of the molecule is C=C(C)C(=O)OCCSc1cccc(C)c1C. The minimum Gasteiger partial charge on any atom is -0.461 e. The van der Waals surface area contributed by atoms with Crippen LogP contribution in [-0.2, 0) is 9.53 Å². The van der Waals surface area contributed by atoms with Crippen molar-refractivity contribution in [2.24, 2.45) is 0 Å². The molecule has 0 atom stereocenters.